The summed E-state index contributed by atoms with van der Waals surface area (Å²) in [6.07, 6.45) is 3.67. The van der Waals surface area contributed by atoms with E-state index in [4.69, 9.17) is 16.6 Å². The molecule has 0 unspecified atom stereocenters. The Morgan fingerprint density at radius 3 is 2.80 bits per heavy atom. The molecule has 1 aliphatic rings. The Bertz CT molecular complexity index is 1020. The molecule has 2 heterocycles. The van der Waals surface area contributed by atoms with E-state index in [1.54, 1.807) is 0 Å². The summed E-state index contributed by atoms with van der Waals surface area (Å²) in [5, 5.41) is 2.34. The Kier molecular flexibility index (Phi) is 4.28. The Labute approximate surface area is 146 Å². The molecule has 0 bridgehead atoms. The molecule has 8 heteroatoms. The Morgan fingerprint density at radius 2 is 2.08 bits per heavy atom. The second kappa shape index (κ2) is 6.40. The highest BCUT2D eigenvalue weighted by Crippen LogP contribution is 2.17. The molecule has 1 saturated heterocycles. The fraction of sp³-hybridized carbons (Fsp3) is 0.0588. The van der Waals surface area contributed by atoms with Crippen LogP contribution in [-0.2, 0) is 9.59 Å². The minimum atomic E-state index is -0.728. The molecule has 2 amide bonds. The van der Waals surface area contributed by atoms with Crippen LogP contribution < -0.4 is 10.7 Å². The molecule has 0 radical (unpaired) electrons. The summed E-state index contributed by atoms with van der Waals surface area (Å²) in [5.74, 6) is -1.99. The highest BCUT2D eigenvalue weighted by Gasteiger charge is 2.32. The van der Waals surface area contributed by atoms with Gasteiger partial charge in [-0.05, 0) is 36.5 Å². The molecular formula is C17H11FN2O4S. The fourth-order valence-corrected chi connectivity index (χ4v) is 2.61. The number of nitrogens with zero attached hydrogens (tertiary/aromatic N) is 1. The van der Waals surface area contributed by atoms with Gasteiger partial charge in [0.05, 0.1) is 10.9 Å². The topological polar surface area (TPSA) is 79.6 Å². The third kappa shape index (κ3) is 2.99. The predicted molar refractivity (Wildman–Crippen MR) is 93.1 cm³/mol. The van der Waals surface area contributed by atoms with Crippen molar-refractivity contribution >= 4 is 46.2 Å². The van der Waals surface area contributed by atoms with Crippen LogP contribution in [0.4, 0.5) is 4.39 Å². The van der Waals surface area contributed by atoms with Gasteiger partial charge in [0.25, 0.3) is 11.8 Å². The molecular weight excluding hydrogens is 347 g/mol. The van der Waals surface area contributed by atoms with E-state index in [-0.39, 0.29) is 33.8 Å². The maximum Gasteiger partial charge on any atom is 0.265 e. The second-order valence-electron chi connectivity index (χ2n) is 5.18. The zero-order valence-electron chi connectivity index (χ0n) is 12.7. The van der Waals surface area contributed by atoms with Gasteiger partial charge >= 0.3 is 0 Å². The lowest BCUT2D eigenvalue weighted by atomic mass is 10.1. The molecule has 6 nitrogen and oxygen atoms in total. The molecule has 0 aliphatic carbocycles. The lowest BCUT2D eigenvalue weighted by molar-refractivity contribution is -0.128. The van der Waals surface area contributed by atoms with Crippen molar-refractivity contribution < 1.29 is 18.4 Å². The molecule has 3 rings (SSSR count). The van der Waals surface area contributed by atoms with Crippen molar-refractivity contribution in [2.45, 2.75) is 0 Å². The number of rotatable bonds is 3. The Morgan fingerprint density at radius 1 is 1.32 bits per heavy atom. The van der Waals surface area contributed by atoms with E-state index in [0.29, 0.717) is 0 Å². The van der Waals surface area contributed by atoms with E-state index in [1.807, 2.05) is 0 Å². The lowest BCUT2D eigenvalue weighted by Gasteiger charge is -2.27. The van der Waals surface area contributed by atoms with Crippen molar-refractivity contribution in [3.8, 4) is 0 Å². The number of fused-ring (bicyclic) bond motifs is 1. The van der Waals surface area contributed by atoms with Gasteiger partial charge in [-0.1, -0.05) is 6.08 Å². The van der Waals surface area contributed by atoms with E-state index in [0.717, 1.165) is 29.4 Å². The van der Waals surface area contributed by atoms with E-state index in [1.165, 1.54) is 12.1 Å². The van der Waals surface area contributed by atoms with Gasteiger partial charge in [0, 0.05) is 6.54 Å². The van der Waals surface area contributed by atoms with E-state index < -0.39 is 23.1 Å². The summed E-state index contributed by atoms with van der Waals surface area (Å²) in [5.41, 5.74) is -0.693. The van der Waals surface area contributed by atoms with Gasteiger partial charge in [-0.25, -0.2) is 4.39 Å². The van der Waals surface area contributed by atoms with Crippen molar-refractivity contribution in [3.05, 3.63) is 64.3 Å². The van der Waals surface area contributed by atoms with Crippen molar-refractivity contribution in [1.82, 2.24) is 10.2 Å². The molecule has 126 valence electrons. The number of carbonyl (C=O) groups excluding carboxylic acids is 2. The van der Waals surface area contributed by atoms with Gasteiger partial charge in [-0.3, -0.25) is 24.6 Å². The first-order chi connectivity index (χ1) is 11.9. The summed E-state index contributed by atoms with van der Waals surface area (Å²) in [7, 11) is 0. The third-order valence-electron chi connectivity index (χ3n) is 3.56. The summed E-state index contributed by atoms with van der Waals surface area (Å²) in [6, 6.07) is 3.52. The van der Waals surface area contributed by atoms with E-state index in [2.05, 4.69) is 11.9 Å². The first kappa shape index (κ1) is 16.7. The van der Waals surface area contributed by atoms with Crippen LogP contribution in [0.1, 0.15) is 5.56 Å². The quantitative estimate of drug-likeness (QED) is 0.391. The summed E-state index contributed by atoms with van der Waals surface area (Å²) < 4.78 is 18.6. The first-order valence-corrected chi connectivity index (χ1v) is 7.54. The number of halogens is 1. The minimum absolute atomic E-state index is 0.0106. The number of benzene rings is 1. The van der Waals surface area contributed by atoms with Gasteiger partial charge in [0.1, 0.15) is 23.2 Å². The van der Waals surface area contributed by atoms with Crippen LogP contribution in [0, 0.1) is 5.82 Å². The fourth-order valence-electron chi connectivity index (χ4n) is 2.36. The van der Waals surface area contributed by atoms with Gasteiger partial charge in [0.15, 0.2) is 10.5 Å². The molecule has 1 aliphatic heterocycles. The lowest BCUT2D eigenvalue weighted by Crippen LogP contribution is -2.53. The number of hydrogen-bond donors (Lipinski definition) is 1. The average Bonchev–Trinajstić information content (AvgIpc) is 2.57. The highest BCUT2D eigenvalue weighted by molar-refractivity contribution is 7.80. The van der Waals surface area contributed by atoms with Crippen LogP contribution >= 0.6 is 12.2 Å². The van der Waals surface area contributed by atoms with Crippen LogP contribution in [0.15, 0.2) is 51.9 Å². The van der Waals surface area contributed by atoms with Gasteiger partial charge < -0.3 is 4.42 Å². The zero-order chi connectivity index (χ0) is 18.1. The highest BCUT2D eigenvalue weighted by atomic mass is 32.1. The largest absolute Gasteiger partial charge is 0.463 e. The third-order valence-corrected chi connectivity index (χ3v) is 3.88. The van der Waals surface area contributed by atoms with E-state index in [9.17, 15) is 18.8 Å². The van der Waals surface area contributed by atoms with Gasteiger partial charge in [0.2, 0.25) is 0 Å². The maximum atomic E-state index is 13.4. The summed E-state index contributed by atoms with van der Waals surface area (Å²) in [6.45, 7) is 3.63. The van der Waals surface area contributed by atoms with Crippen LogP contribution in [-0.4, -0.2) is 28.4 Å². The Hall–Kier alpha value is -3.13. The van der Waals surface area contributed by atoms with Crippen molar-refractivity contribution in [2.75, 3.05) is 6.54 Å². The molecule has 0 saturated carbocycles. The Balaban J connectivity index is 2.11. The van der Waals surface area contributed by atoms with Gasteiger partial charge in [-0.15, -0.1) is 6.58 Å². The van der Waals surface area contributed by atoms with Crippen LogP contribution in [0.25, 0.3) is 17.0 Å². The van der Waals surface area contributed by atoms with Crippen LogP contribution in [0.3, 0.4) is 0 Å². The van der Waals surface area contributed by atoms with E-state index >= 15 is 0 Å². The molecule has 25 heavy (non-hydrogen) atoms. The summed E-state index contributed by atoms with van der Waals surface area (Å²) in [4.78, 5) is 38.1. The SMILES string of the molecule is C=CCN1C(=O)/C(=C/c2coc3ccc(F)cc3c2=O)C(=O)NC1=S. The first-order valence-electron chi connectivity index (χ1n) is 7.13. The normalized spacial score (nSPS) is 16.4. The van der Waals surface area contributed by atoms with Crippen LogP contribution in [0.5, 0.6) is 0 Å². The molecule has 0 spiro atoms. The smallest absolute Gasteiger partial charge is 0.265 e. The number of carbonyl (C=O) groups is 2. The molecule has 1 N–H and O–H groups in total. The number of amides is 2. The van der Waals surface area contributed by atoms with Crippen molar-refractivity contribution in [3.63, 3.8) is 0 Å². The molecule has 0 atom stereocenters. The van der Waals surface area contributed by atoms with Crippen LogP contribution in [0.2, 0.25) is 0 Å². The summed E-state index contributed by atoms with van der Waals surface area (Å²) >= 11 is 4.94. The zero-order valence-corrected chi connectivity index (χ0v) is 13.6. The van der Waals surface area contributed by atoms with Crippen molar-refractivity contribution in [1.29, 1.82) is 0 Å². The average molecular weight is 358 g/mol. The second-order valence-corrected chi connectivity index (χ2v) is 5.57. The standard InChI is InChI=1S/C17H11FN2O4S/c1-2-5-20-16(23)12(15(22)19-17(20)25)6-9-8-24-13-4-3-10(18)7-11(13)14(9)21/h2-4,6-8H,1,5H2,(H,19,22,25)/b12-6+. The maximum absolute atomic E-state index is 13.4. The monoisotopic (exact) mass is 358 g/mol. The number of thiocarbonyl (C=S) groups is 1. The van der Waals surface area contributed by atoms with Crippen molar-refractivity contribution in [2.24, 2.45) is 0 Å². The molecule has 1 fully saturated rings. The minimum Gasteiger partial charge on any atom is -0.463 e. The molecule has 1 aromatic heterocycles. The predicted octanol–water partition coefficient (Wildman–Crippen LogP) is 1.74. The number of nitrogens with one attached hydrogen (secondary N) is 1. The van der Waals surface area contributed by atoms with Gasteiger partial charge in [-0.2, -0.15) is 0 Å². The molecule has 2 aromatic rings. The molecule has 1 aromatic carbocycles. The number of hydrogen-bond acceptors (Lipinski definition) is 5.